The number of ether oxygens (including phenoxy) is 2. The number of hydrazine groups is 1. The van der Waals surface area contributed by atoms with Crippen molar-refractivity contribution in [1.29, 1.82) is 0 Å². The Labute approximate surface area is 165 Å². The van der Waals surface area contributed by atoms with Gasteiger partial charge in [-0.05, 0) is 55.7 Å². The standard InChI is InChI=1S/C22H26N2O4/c1-5-12-28-19-10-7-17(14-20(19)27-4)8-11-21(25)23-24-22(26)18-9-6-15(2)13-16(18)3/h6-11,13-14H,5,12H2,1-4H3,(H,23,25)(H,24,26)/b11-8+. The molecule has 0 aliphatic heterocycles. The van der Waals surface area contributed by atoms with E-state index in [0.29, 0.717) is 23.7 Å². The molecule has 0 atom stereocenters. The van der Waals surface area contributed by atoms with Crippen molar-refractivity contribution in [3.63, 3.8) is 0 Å². The van der Waals surface area contributed by atoms with Crippen LogP contribution in [0.4, 0.5) is 0 Å². The van der Waals surface area contributed by atoms with Gasteiger partial charge in [-0.15, -0.1) is 0 Å². The molecule has 0 fully saturated rings. The van der Waals surface area contributed by atoms with Crippen LogP contribution in [0.2, 0.25) is 0 Å². The van der Waals surface area contributed by atoms with E-state index in [2.05, 4.69) is 10.9 Å². The fourth-order valence-corrected chi connectivity index (χ4v) is 2.59. The van der Waals surface area contributed by atoms with Crippen molar-refractivity contribution >= 4 is 17.9 Å². The molecule has 2 aromatic carbocycles. The highest BCUT2D eigenvalue weighted by Gasteiger charge is 2.09. The van der Waals surface area contributed by atoms with E-state index in [-0.39, 0.29) is 5.91 Å². The zero-order valence-corrected chi connectivity index (χ0v) is 16.7. The number of nitrogens with one attached hydrogen (secondary N) is 2. The Kier molecular flexibility index (Phi) is 7.63. The molecule has 0 aliphatic rings. The van der Waals surface area contributed by atoms with Crippen molar-refractivity contribution in [2.45, 2.75) is 27.2 Å². The number of rotatable bonds is 7. The quantitative estimate of drug-likeness (QED) is 0.567. The van der Waals surface area contributed by atoms with E-state index in [1.54, 1.807) is 31.4 Å². The number of amides is 2. The second-order valence-electron chi connectivity index (χ2n) is 6.35. The van der Waals surface area contributed by atoms with Crippen LogP contribution < -0.4 is 20.3 Å². The summed E-state index contributed by atoms with van der Waals surface area (Å²) in [6.07, 6.45) is 3.87. The van der Waals surface area contributed by atoms with E-state index in [9.17, 15) is 9.59 Å². The number of hydrogen-bond acceptors (Lipinski definition) is 4. The average molecular weight is 382 g/mol. The van der Waals surface area contributed by atoms with Gasteiger partial charge in [-0.2, -0.15) is 0 Å². The first kappa shape index (κ1) is 21.0. The second-order valence-corrected chi connectivity index (χ2v) is 6.35. The molecule has 2 N–H and O–H groups in total. The predicted molar refractivity (Wildman–Crippen MR) is 109 cm³/mol. The Morgan fingerprint density at radius 3 is 2.50 bits per heavy atom. The molecule has 2 rings (SSSR count). The first-order valence-corrected chi connectivity index (χ1v) is 9.11. The van der Waals surface area contributed by atoms with E-state index in [0.717, 1.165) is 23.1 Å². The summed E-state index contributed by atoms with van der Waals surface area (Å²) in [5.74, 6) is 0.451. The zero-order chi connectivity index (χ0) is 20.5. The summed E-state index contributed by atoms with van der Waals surface area (Å²) in [5, 5.41) is 0. The lowest BCUT2D eigenvalue weighted by Gasteiger charge is -2.10. The van der Waals surface area contributed by atoms with Gasteiger partial charge >= 0.3 is 0 Å². The number of benzene rings is 2. The highest BCUT2D eigenvalue weighted by Crippen LogP contribution is 2.28. The summed E-state index contributed by atoms with van der Waals surface area (Å²) in [7, 11) is 1.57. The van der Waals surface area contributed by atoms with Crippen LogP contribution in [-0.4, -0.2) is 25.5 Å². The third-order valence-corrected chi connectivity index (χ3v) is 4.00. The normalized spacial score (nSPS) is 10.6. The molecule has 0 heterocycles. The molecular formula is C22H26N2O4. The molecule has 0 spiro atoms. The molecule has 6 heteroatoms. The third-order valence-electron chi connectivity index (χ3n) is 4.00. The SMILES string of the molecule is CCCOc1ccc(/C=C/C(=O)NNC(=O)c2ccc(C)cc2C)cc1OC. The molecule has 2 aromatic rings. The van der Waals surface area contributed by atoms with Gasteiger partial charge in [0.1, 0.15) is 0 Å². The minimum absolute atomic E-state index is 0.363. The van der Waals surface area contributed by atoms with Crippen molar-refractivity contribution in [3.8, 4) is 11.5 Å². The van der Waals surface area contributed by atoms with Crippen molar-refractivity contribution in [2.24, 2.45) is 0 Å². The average Bonchev–Trinajstić information content (AvgIpc) is 2.69. The van der Waals surface area contributed by atoms with Crippen molar-refractivity contribution < 1.29 is 19.1 Å². The van der Waals surface area contributed by atoms with Gasteiger partial charge < -0.3 is 9.47 Å². The molecular weight excluding hydrogens is 356 g/mol. The highest BCUT2D eigenvalue weighted by atomic mass is 16.5. The molecule has 28 heavy (non-hydrogen) atoms. The number of carbonyl (C=O) groups excluding carboxylic acids is 2. The van der Waals surface area contributed by atoms with Crippen molar-refractivity contribution in [2.75, 3.05) is 13.7 Å². The number of methoxy groups -OCH3 is 1. The van der Waals surface area contributed by atoms with Crippen LogP contribution in [-0.2, 0) is 4.79 Å². The summed E-state index contributed by atoms with van der Waals surface area (Å²) in [5.41, 5.74) is 8.00. The van der Waals surface area contributed by atoms with Gasteiger partial charge in [0.2, 0.25) is 0 Å². The van der Waals surface area contributed by atoms with E-state index < -0.39 is 5.91 Å². The van der Waals surface area contributed by atoms with Crippen LogP contribution >= 0.6 is 0 Å². The maximum atomic E-state index is 12.2. The fraction of sp³-hybridized carbons (Fsp3) is 0.273. The van der Waals surface area contributed by atoms with E-state index in [1.165, 1.54) is 6.08 Å². The number of hydrogen-bond donors (Lipinski definition) is 2. The van der Waals surface area contributed by atoms with Gasteiger partial charge in [-0.1, -0.05) is 30.7 Å². The lowest BCUT2D eigenvalue weighted by Crippen LogP contribution is -2.41. The van der Waals surface area contributed by atoms with Gasteiger partial charge in [0.05, 0.1) is 13.7 Å². The first-order valence-electron chi connectivity index (χ1n) is 9.11. The van der Waals surface area contributed by atoms with Crippen LogP contribution in [0.3, 0.4) is 0 Å². The molecule has 0 aliphatic carbocycles. The molecule has 0 bridgehead atoms. The largest absolute Gasteiger partial charge is 0.493 e. The fourth-order valence-electron chi connectivity index (χ4n) is 2.59. The van der Waals surface area contributed by atoms with Gasteiger partial charge in [0.15, 0.2) is 11.5 Å². The molecule has 0 aromatic heterocycles. The van der Waals surface area contributed by atoms with Gasteiger partial charge in [-0.3, -0.25) is 20.4 Å². The van der Waals surface area contributed by atoms with Crippen LogP contribution in [0, 0.1) is 13.8 Å². The van der Waals surface area contributed by atoms with Gasteiger partial charge in [0.25, 0.3) is 11.8 Å². The Balaban J connectivity index is 1.95. The summed E-state index contributed by atoms with van der Waals surface area (Å²) >= 11 is 0. The third kappa shape index (κ3) is 5.87. The summed E-state index contributed by atoms with van der Waals surface area (Å²) in [6.45, 7) is 6.44. The maximum absolute atomic E-state index is 12.2. The topological polar surface area (TPSA) is 76.7 Å². The Hall–Kier alpha value is -3.28. The highest BCUT2D eigenvalue weighted by molar-refractivity contribution is 5.98. The van der Waals surface area contributed by atoms with Crippen LogP contribution in [0.15, 0.2) is 42.5 Å². The van der Waals surface area contributed by atoms with Crippen LogP contribution in [0.1, 0.15) is 40.4 Å². The van der Waals surface area contributed by atoms with Crippen LogP contribution in [0.25, 0.3) is 6.08 Å². The minimum Gasteiger partial charge on any atom is -0.493 e. The predicted octanol–water partition coefficient (Wildman–Crippen LogP) is 3.58. The summed E-state index contributed by atoms with van der Waals surface area (Å²) in [6, 6.07) is 10.9. The van der Waals surface area contributed by atoms with Gasteiger partial charge in [-0.25, -0.2) is 0 Å². The smallest absolute Gasteiger partial charge is 0.269 e. The minimum atomic E-state index is -0.441. The monoisotopic (exact) mass is 382 g/mol. The summed E-state index contributed by atoms with van der Waals surface area (Å²) in [4.78, 5) is 24.2. The molecule has 0 saturated heterocycles. The van der Waals surface area contributed by atoms with Crippen molar-refractivity contribution in [3.05, 3.63) is 64.7 Å². The Morgan fingerprint density at radius 1 is 1.04 bits per heavy atom. The summed E-state index contributed by atoms with van der Waals surface area (Å²) < 4.78 is 10.9. The van der Waals surface area contributed by atoms with Crippen molar-refractivity contribution in [1.82, 2.24) is 10.9 Å². The molecule has 0 unspecified atom stereocenters. The lowest BCUT2D eigenvalue weighted by molar-refractivity contribution is -0.117. The zero-order valence-electron chi connectivity index (χ0n) is 16.7. The van der Waals surface area contributed by atoms with E-state index >= 15 is 0 Å². The van der Waals surface area contributed by atoms with Crippen LogP contribution in [0.5, 0.6) is 11.5 Å². The van der Waals surface area contributed by atoms with E-state index in [4.69, 9.17) is 9.47 Å². The van der Waals surface area contributed by atoms with E-state index in [1.807, 2.05) is 39.0 Å². The lowest BCUT2D eigenvalue weighted by atomic mass is 10.1. The maximum Gasteiger partial charge on any atom is 0.269 e. The van der Waals surface area contributed by atoms with Gasteiger partial charge in [0, 0.05) is 11.6 Å². The second kappa shape index (κ2) is 10.2. The Morgan fingerprint density at radius 2 is 1.82 bits per heavy atom. The molecule has 2 amide bonds. The number of carbonyl (C=O) groups is 2. The first-order chi connectivity index (χ1) is 13.4. The number of aryl methyl sites for hydroxylation is 2. The molecule has 0 saturated carbocycles. The Bertz CT molecular complexity index is 875. The molecule has 148 valence electrons. The molecule has 6 nitrogen and oxygen atoms in total. The molecule has 0 radical (unpaired) electrons.